The Bertz CT molecular complexity index is 865. The van der Waals surface area contributed by atoms with Gasteiger partial charge in [0.15, 0.2) is 9.84 Å². The van der Waals surface area contributed by atoms with Crippen molar-refractivity contribution in [1.82, 2.24) is 10.3 Å². The molecule has 2 aromatic rings. The van der Waals surface area contributed by atoms with Crippen molar-refractivity contribution in [1.29, 1.82) is 0 Å². The van der Waals surface area contributed by atoms with Gasteiger partial charge in [-0.25, -0.2) is 12.8 Å². The number of amides is 1. The van der Waals surface area contributed by atoms with Crippen LogP contribution < -0.4 is 5.32 Å². The van der Waals surface area contributed by atoms with Gasteiger partial charge in [-0.3, -0.25) is 9.78 Å². The van der Waals surface area contributed by atoms with E-state index in [-0.39, 0.29) is 10.8 Å². The maximum absolute atomic E-state index is 13.9. The van der Waals surface area contributed by atoms with E-state index in [9.17, 15) is 17.6 Å². The molecule has 0 aliphatic rings. The summed E-state index contributed by atoms with van der Waals surface area (Å²) >= 11 is 0. The third-order valence-corrected chi connectivity index (χ3v) is 4.46. The van der Waals surface area contributed by atoms with Crippen molar-refractivity contribution in [2.75, 3.05) is 6.26 Å². The number of nitrogens with zero attached hydrogens (tertiary/aromatic N) is 1. The Morgan fingerprint density at radius 3 is 2.67 bits per heavy atom. The highest BCUT2D eigenvalue weighted by molar-refractivity contribution is 7.90. The van der Waals surface area contributed by atoms with Gasteiger partial charge in [0.25, 0.3) is 0 Å². The standard InChI is InChI=1S/C17H17FN2O3S/c1-12(14-6-7-16(15(18)10-14)24(2,22)23)20-17(21)8-5-13-4-3-9-19-11-13/h3-12H,1-2H3,(H,20,21)/b8-5+/t12-/m0/s1. The summed E-state index contributed by atoms with van der Waals surface area (Å²) in [5.41, 5.74) is 1.26. The van der Waals surface area contributed by atoms with E-state index in [0.29, 0.717) is 5.56 Å². The molecule has 0 bridgehead atoms. The zero-order chi connectivity index (χ0) is 17.7. The Hall–Kier alpha value is -2.54. The van der Waals surface area contributed by atoms with E-state index in [4.69, 9.17) is 0 Å². The van der Waals surface area contributed by atoms with Crippen molar-refractivity contribution < 1.29 is 17.6 Å². The van der Waals surface area contributed by atoms with Gasteiger partial charge in [-0.2, -0.15) is 0 Å². The summed E-state index contributed by atoms with van der Waals surface area (Å²) in [6, 6.07) is 6.89. The van der Waals surface area contributed by atoms with Crippen LogP contribution in [0.25, 0.3) is 6.08 Å². The summed E-state index contributed by atoms with van der Waals surface area (Å²) in [5, 5.41) is 2.69. The molecule has 0 fully saturated rings. The van der Waals surface area contributed by atoms with Crippen molar-refractivity contribution in [2.45, 2.75) is 17.9 Å². The minimum atomic E-state index is -3.62. The number of pyridine rings is 1. The molecule has 0 saturated carbocycles. The summed E-state index contributed by atoms with van der Waals surface area (Å²) in [6.45, 7) is 1.69. The fourth-order valence-corrected chi connectivity index (χ4v) is 2.81. The normalized spacial score (nSPS) is 13.0. The molecule has 0 spiro atoms. The van der Waals surface area contributed by atoms with Crippen molar-refractivity contribution in [3.8, 4) is 0 Å². The molecule has 1 aromatic heterocycles. The molecule has 0 aliphatic carbocycles. The Kier molecular flexibility index (Phi) is 5.46. The molecule has 126 valence electrons. The highest BCUT2D eigenvalue weighted by Gasteiger charge is 2.16. The molecule has 0 saturated heterocycles. The fourth-order valence-electron chi connectivity index (χ4n) is 2.08. The van der Waals surface area contributed by atoms with Gasteiger partial charge in [0.1, 0.15) is 10.7 Å². The minimum absolute atomic E-state index is 0.348. The van der Waals surface area contributed by atoms with Gasteiger partial charge in [-0.1, -0.05) is 12.1 Å². The highest BCUT2D eigenvalue weighted by atomic mass is 32.2. The molecule has 1 amide bonds. The van der Waals surface area contributed by atoms with Gasteiger partial charge < -0.3 is 5.32 Å². The van der Waals surface area contributed by atoms with Gasteiger partial charge in [0.05, 0.1) is 6.04 Å². The molecule has 7 heteroatoms. The number of halogens is 1. The topological polar surface area (TPSA) is 76.1 Å². The SMILES string of the molecule is C[C@H](NC(=O)/C=C/c1cccnc1)c1ccc(S(C)(=O)=O)c(F)c1. The number of sulfone groups is 1. The first-order valence-corrected chi connectivity index (χ1v) is 9.04. The number of aromatic nitrogens is 1. The minimum Gasteiger partial charge on any atom is -0.346 e. The first kappa shape index (κ1) is 17.8. The molecule has 1 aromatic carbocycles. The van der Waals surface area contributed by atoms with Crippen LogP contribution in [0.3, 0.4) is 0 Å². The summed E-state index contributed by atoms with van der Waals surface area (Å²) in [4.78, 5) is 15.5. The number of carbonyl (C=O) groups excluding carboxylic acids is 1. The predicted molar refractivity (Wildman–Crippen MR) is 89.3 cm³/mol. The van der Waals surface area contributed by atoms with Crippen LogP contribution in [0.15, 0.2) is 53.7 Å². The predicted octanol–water partition coefficient (Wildman–Crippen LogP) is 2.51. The molecule has 2 rings (SSSR count). The Labute approximate surface area is 140 Å². The highest BCUT2D eigenvalue weighted by Crippen LogP contribution is 2.20. The van der Waals surface area contributed by atoms with E-state index >= 15 is 0 Å². The smallest absolute Gasteiger partial charge is 0.244 e. The lowest BCUT2D eigenvalue weighted by atomic mass is 10.1. The van der Waals surface area contributed by atoms with Crippen molar-refractivity contribution >= 4 is 21.8 Å². The van der Waals surface area contributed by atoms with Crippen LogP contribution in [0.2, 0.25) is 0 Å². The molecule has 1 heterocycles. The quantitative estimate of drug-likeness (QED) is 0.843. The third kappa shape index (κ3) is 4.73. The van der Waals surface area contributed by atoms with Crippen LogP contribution in [0, 0.1) is 5.82 Å². The van der Waals surface area contributed by atoms with Gasteiger partial charge >= 0.3 is 0 Å². The molecule has 24 heavy (non-hydrogen) atoms. The Morgan fingerprint density at radius 2 is 2.08 bits per heavy atom. The lowest BCUT2D eigenvalue weighted by Crippen LogP contribution is -2.24. The van der Waals surface area contributed by atoms with E-state index in [1.54, 1.807) is 37.5 Å². The van der Waals surface area contributed by atoms with Crippen molar-refractivity contribution in [3.63, 3.8) is 0 Å². The van der Waals surface area contributed by atoms with Crippen LogP contribution in [-0.4, -0.2) is 25.6 Å². The number of rotatable bonds is 5. The Balaban J connectivity index is 2.07. The maximum atomic E-state index is 13.9. The summed E-state index contributed by atoms with van der Waals surface area (Å²) in [6.07, 6.45) is 7.16. The van der Waals surface area contributed by atoms with Gasteiger partial charge in [-0.05, 0) is 42.3 Å². The van der Waals surface area contributed by atoms with Crippen LogP contribution in [0.4, 0.5) is 4.39 Å². The second-order valence-electron chi connectivity index (χ2n) is 5.31. The van der Waals surface area contributed by atoms with Gasteiger partial charge in [0.2, 0.25) is 5.91 Å². The fraction of sp³-hybridized carbons (Fsp3) is 0.176. The van der Waals surface area contributed by atoms with E-state index in [2.05, 4.69) is 10.3 Å². The zero-order valence-electron chi connectivity index (χ0n) is 13.2. The molecular formula is C17H17FN2O3S. The van der Waals surface area contributed by atoms with E-state index in [0.717, 1.165) is 17.9 Å². The maximum Gasteiger partial charge on any atom is 0.244 e. The molecular weight excluding hydrogens is 331 g/mol. The van der Waals surface area contributed by atoms with Crippen LogP contribution in [0.1, 0.15) is 24.1 Å². The number of benzene rings is 1. The monoisotopic (exact) mass is 348 g/mol. The lowest BCUT2D eigenvalue weighted by molar-refractivity contribution is -0.117. The van der Waals surface area contributed by atoms with Crippen molar-refractivity contribution in [3.05, 3.63) is 65.7 Å². The number of hydrogen-bond acceptors (Lipinski definition) is 4. The molecule has 1 N–H and O–H groups in total. The second-order valence-corrected chi connectivity index (χ2v) is 7.30. The molecule has 1 atom stereocenters. The van der Waals surface area contributed by atoms with E-state index in [1.807, 2.05) is 0 Å². The van der Waals surface area contributed by atoms with E-state index < -0.39 is 21.7 Å². The first-order valence-electron chi connectivity index (χ1n) is 7.15. The third-order valence-electron chi connectivity index (χ3n) is 3.33. The average molecular weight is 348 g/mol. The molecule has 0 aliphatic heterocycles. The number of nitrogens with one attached hydrogen (secondary N) is 1. The lowest BCUT2D eigenvalue weighted by Gasteiger charge is -2.14. The summed E-state index contributed by atoms with van der Waals surface area (Å²) in [5.74, 6) is -1.18. The number of carbonyl (C=O) groups is 1. The van der Waals surface area contributed by atoms with Crippen molar-refractivity contribution in [2.24, 2.45) is 0 Å². The molecule has 0 unspecified atom stereocenters. The largest absolute Gasteiger partial charge is 0.346 e. The van der Waals surface area contributed by atoms with Crippen LogP contribution in [0.5, 0.6) is 0 Å². The summed E-state index contributed by atoms with van der Waals surface area (Å²) < 4.78 is 36.7. The van der Waals surface area contributed by atoms with Crippen LogP contribution >= 0.6 is 0 Å². The van der Waals surface area contributed by atoms with Gasteiger partial charge in [-0.15, -0.1) is 0 Å². The van der Waals surface area contributed by atoms with Crippen LogP contribution in [-0.2, 0) is 14.6 Å². The zero-order valence-corrected chi connectivity index (χ0v) is 14.0. The van der Waals surface area contributed by atoms with Gasteiger partial charge in [0, 0.05) is 24.7 Å². The van der Waals surface area contributed by atoms with E-state index in [1.165, 1.54) is 18.2 Å². The average Bonchev–Trinajstić information content (AvgIpc) is 2.52. The summed E-state index contributed by atoms with van der Waals surface area (Å²) in [7, 11) is -3.62. The Morgan fingerprint density at radius 1 is 1.33 bits per heavy atom. The number of hydrogen-bond donors (Lipinski definition) is 1. The molecule has 5 nitrogen and oxygen atoms in total. The first-order chi connectivity index (χ1) is 11.3. The molecule has 0 radical (unpaired) electrons. The second kappa shape index (κ2) is 7.35.